The minimum absolute atomic E-state index is 0.886. The fraction of sp³-hybridized carbons (Fsp3) is 0.615. The van der Waals surface area contributed by atoms with Crippen LogP contribution in [-0.4, -0.2) is 85.7 Å². The van der Waals surface area contributed by atoms with Crippen LogP contribution in [0.3, 0.4) is 0 Å². The van der Waals surface area contributed by atoms with E-state index >= 15 is 0 Å². The average molecular weight is 435 g/mol. The van der Waals surface area contributed by atoms with Gasteiger partial charge in [-0.2, -0.15) is 0 Å². The lowest BCUT2D eigenvalue weighted by Gasteiger charge is -2.34. The van der Waals surface area contributed by atoms with Crippen LogP contribution in [0.4, 0.5) is 11.5 Å². The van der Waals surface area contributed by atoms with E-state index in [1.54, 1.807) is 0 Å². The van der Waals surface area contributed by atoms with Crippen molar-refractivity contribution < 1.29 is 0 Å². The highest BCUT2D eigenvalue weighted by atomic mass is 15.2. The van der Waals surface area contributed by atoms with E-state index in [2.05, 4.69) is 57.8 Å². The number of hydrogen-bond donors (Lipinski definition) is 0. The smallest absolute Gasteiger partial charge is 0.161 e. The van der Waals surface area contributed by atoms with Crippen molar-refractivity contribution in [3.05, 3.63) is 35.5 Å². The zero-order chi connectivity index (χ0) is 21.9. The maximum absolute atomic E-state index is 5.10. The monoisotopic (exact) mass is 434 g/mol. The van der Waals surface area contributed by atoms with E-state index in [-0.39, 0.29) is 0 Å². The normalized spacial score (nSPS) is 19.7. The first-order valence-corrected chi connectivity index (χ1v) is 12.6. The first-order valence-electron chi connectivity index (χ1n) is 12.6. The Balaban J connectivity index is 1.31. The van der Waals surface area contributed by atoms with Crippen molar-refractivity contribution in [2.75, 3.05) is 75.8 Å². The number of piperazine rings is 1. The summed E-state index contributed by atoms with van der Waals surface area (Å²) in [5, 5.41) is 0. The molecular formula is C26H38N6. The van der Waals surface area contributed by atoms with E-state index in [9.17, 15) is 0 Å². The van der Waals surface area contributed by atoms with Crippen LogP contribution in [0, 0.1) is 0 Å². The molecule has 0 unspecified atom stereocenters. The van der Waals surface area contributed by atoms with Crippen LogP contribution in [-0.2, 0) is 12.8 Å². The second-order valence-corrected chi connectivity index (χ2v) is 9.63. The lowest BCUT2D eigenvalue weighted by atomic mass is 10.1. The summed E-state index contributed by atoms with van der Waals surface area (Å²) in [5.41, 5.74) is 5.05. The van der Waals surface area contributed by atoms with Crippen LogP contribution in [0.5, 0.6) is 0 Å². The summed E-state index contributed by atoms with van der Waals surface area (Å²) in [7, 11) is 2.20. The Morgan fingerprint density at radius 1 is 0.844 bits per heavy atom. The highest BCUT2D eigenvalue weighted by Crippen LogP contribution is 2.32. The number of likely N-dealkylation sites (N-methyl/N-ethyl adjacent to an activating group) is 1. The Morgan fingerprint density at radius 3 is 2.31 bits per heavy atom. The van der Waals surface area contributed by atoms with Crippen LogP contribution in [0.25, 0.3) is 11.4 Å². The van der Waals surface area contributed by atoms with Gasteiger partial charge >= 0.3 is 0 Å². The van der Waals surface area contributed by atoms with Crippen molar-refractivity contribution in [1.29, 1.82) is 0 Å². The van der Waals surface area contributed by atoms with Gasteiger partial charge in [0.1, 0.15) is 5.82 Å². The van der Waals surface area contributed by atoms with Crippen molar-refractivity contribution in [3.63, 3.8) is 0 Å². The minimum Gasteiger partial charge on any atom is -0.369 e. The SMILES string of the molecule is CCc1nc(-c2ccc(N3CCN(C)CC3)cc2)nc2c1CCN2CCCN1CCCC1. The summed E-state index contributed by atoms with van der Waals surface area (Å²) in [6, 6.07) is 8.91. The quantitative estimate of drug-likeness (QED) is 0.666. The molecule has 0 amide bonds. The summed E-state index contributed by atoms with van der Waals surface area (Å²) >= 11 is 0. The van der Waals surface area contributed by atoms with Crippen molar-refractivity contribution in [2.45, 2.75) is 39.0 Å². The Labute approximate surface area is 193 Å². The van der Waals surface area contributed by atoms with Gasteiger partial charge in [0.25, 0.3) is 0 Å². The average Bonchev–Trinajstić information content (AvgIpc) is 3.49. The molecule has 0 bridgehead atoms. The van der Waals surface area contributed by atoms with Gasteiger partial charge in [-0.05, 0) is 83.1 Å². The predicted molar refractivity (Wildman–Crippen MR) is 133 cm³/mol. The molecule has 3 aliphatic heterocycles. The van der Waals surface area contributed by atoms with Gasteiger partial charge < -0.3 is 19.6 Å². The highest BCUT2D eigenvalue weighted by Gasteiger charge is 2.25. The molecular weight excluding hydrogens is 396 g/mol. The fourth-order valence-corrected chi connectivity index (χ4v) is 5.40. The lowest BCUT2D eigenvalue weighted by molar-refractivity contribution is 0.313. The number of anilines is 2. The van der Waals surface area contributed by atoms with Gasteiger partial charge in [-0.25, -0.2) is 9.97 Å². The summed E-state index contributed by atoms with van der Waals surface area (Å²) in [5.74, 6) is 2.08. The van der Waals surface area contributed by atoms with Crippen molar-refractivity contribution >= 4 is 11.5 Å². The molecule has 0 N–H and O–H groups in total. The van der Waals surface area contributed by atoms with E-state index in [0.29, 0.717) is 0 Å². The van der Waals surface area contributed by atoms with E-state index in [1.165, 1.54) is 61.7 Å². The van der Waals surface area contributed by atoms with Crippen molar-refractivity contribution in [2.24, 2.45) is 0 Å². The Hall–Kier alpha value is -2.18. The molecule has 32 heavy (non-hydrogen) atoms. The van der Waals surface area contributed by atoms with E-state index in [0.717, 1.165) is 63.5 Å². The Bertz CT molecular complexity index is 897. The van der Waals surface area contributed by atoms with Crippen LogP contribution in [0.1, 0.15) is 37.4 Å². The van der Waals surface area contributed by atoms with Gasteiger partial charge in [0.05, 0.1) is 0 Å². The molecule has 0 radical (unpaired) electrons. The molecule has 5 rings (SSSR count). The number of aryl methyl sites for hydroxylation is 1. The third kappa shape index (κ3) is 4.62. The zero-order valence-corrected chi connectivity index (χ0v) is 19.9. The summed E-state index contributed by atoms with van der Waals surface area (Å²) in [6.07, 6.45) is 6.02. The van der Waals surface area contributed by atoms with Crippen LogP contribution >= 0.6 is 0 Å². The highest BCUT2D eigenvalue weighted by molar-refractivity contribution is 5.65. The molecule has 0 saturated carbocycles. The third-order valence-corrected chi connectivity index (χ3v) is 7.43. The predicted octanol–water partition coefficient (Wildman–Crippen LogP) is 3.31. The summed E-state index contributed by atoms with van der Waals surface area (Å²) < 4.78 is 0. The zero-order valence-electron chi connectivity index (χ0n) is 19.9. The van der Waals surface area contributed by atoms with E-state index in [4.69, 9.17) is 9.97 Å². The van der Waals surface area contributed by atoms with Crippen LogP contribution < -0.4 is 9.80 Å². The van der Waals surface area contributed by atoms with Gasteiger partial charge in [0.2, 0.25) is 0 Å². The lowest BCUT2D eigenvalue weighted by Crippen LogP contribution is -2.44. The number of hydrogen-bond acceptors (Lipinski definition) is 6. The molecule has 2 aromatic rings. The number of aromatic nitrogens is 2. The molecule has 0 aliphatic carbocycles. The van der Waals surface area contributed by atoms with E-state index < -0.39 is 0 Å². The Morgan fingerprint density at radius 2 is 1.59 bits per heavy atom. The molecule has 1 aromatic carbocycles. The number of likely N-dealkylation sites (tertiary alicyclic amines) is 1. The molecule has 3 aliphatic rings. The van der Waals surface area contributed by atoms with Crippen molar-refractivity contribution in [1.82, 2.24) is 19.8 Å². The van der Waals surface area contributed by atoms with Gasteiger partial charge in [-0.3, -0.25) is 0 Å². The topological polar surface area (TPSA) is 38.7 Å². The maximum Gasteiger partial charge on any atom is 0.161 e. The number of benzene rings is 1. The molecule has 1 aromatic heterocycles. The van der Waals surface area contributed by atoms with Gasteiger partial charge in [-0.1, -0.05) is 6.92 Å². The minimum atomic E-state index is 0.886. The standard InChI is InChI=1S/C26H38N6/c1-3-24-23-11-16-32(15-6-14-30-12-4-5-13-30)26(23)28-25(27-24)21-7-9-22(10-8-21)31-19-17-29(2)18-20-31/h7-10H,3-6,11-20H2,1-2H3. The van der Waals surface area contributed by atoms with Crippen LogP contribution in [0.15, 0.2) is 24.3 Å². The van der Waals surface area contributed by atoms with Gasteiger partial charge in [-0.15, -0.1) is 0 Å². The van der Waals surface area contributed by atoms with E-state index in [1.807, 2.05) is 0 Å². The summed E-state index contributed by atoms with van der Waals surface area (Å²) in [4.78, 5) is 20.1. The molecule has 2 saturated heterocycles. The van der Waals surface area contributed by atoms with Crippen molar-refractivity contribution in [3.8, 4) is 11.4 Å². The second kappa shape index (κ2) is 9.75. The first kappa shape index (κ1) is 21.7. The fourth-order valence-electron chi connectivity index (χ4n) is 5.40. The third-order valence-electron chi connectivity index (χ3n) is 7.43. The van der Waals surface area contributed by atoms with Gasteiger partial charge in [0, 0.05) is 61.8 Å². The molecule has 172 valence electrons. The summed E-state index contributed by atoms with van der Waals surface area (Å²) in [6.45, 7) is 12.6. The second-order valence-electron chi connectivity index (χ2n) is 9.63. The molecule has 6 heteroatoms. The number of rotatable bonds is 7. The molecule has 0 atom stereocenters. The molecule has 4 heterocycles. The molecule has 2 fully saturated rings. The molecule has 6 nitrogen and oxygen atoms in total. The first-order chi connectivity index (χ1) is 15.7. The van der Waals surface area contributed by atoms with Crippen LogP contribution in [0.2, 0.25) is 0 Å². The number of nitrogens with zero attached hydrogens (tertiary/aromatic N) is 6. The Kier molecular flexibility index (Phi) is 6.60. The molecule has 0 spiro atoms. The maximum atomic E-state index is 5.10. The largest absolute Gasteiger partial charge is 0.369 e. The number of fused-ring (bicyclic) bond motifs is 1. The van der Waals surface area contributed by atoms with Gasteiger partial charge in [0.15, 0.2) is 5.82 Å².